The highest BCUT2D eigenvalue weighted by atomic mass is 35.5. The fourth-order valence-electron chi connectivity index (χ4n) is 3.98. The molecule has 5 rings (SSSR count). The third kappa shape index (κ3) is 3.97. The Labute approximate surface area is 198 Å². The number of nitro groups is 1. The molecule has 3 heterocycles. The van der Waals surface area contributed by atoms with E-state index in [0.29, 0.717) is 5.02 Å². The predicted molar refractivity (Wildman–Crippen MR) is 130 cm³/mol. The van der Waals surface area contributed by atoms with Gasteiger partial charge in [0.1, 0.15) is 10.6 Å². The molecule has 0 saturated carbocycles. The van der Waals surface area contributed by atoms with Crippen LogP contribution in [0.3, 0.4) is 0 Å². The van der Waals surface area contributed by atoms with Crippen LogP contribution in [0.1, 0.15) is 0 Å². The van der Waals surface area contributed by atoms with E-state index >= 15 is 0 Å². The average Bonchev–Trinajstić information content (AvgIpc) is 3.22. The van der Waals surface area contributed by atoms with Crippen molar-refractivity contribution in [2.75, 3.05) is 36.0 Å². The van der Waals surface area contributed by atoms with E-state index in [1.54, 1.807) is 12.1 Å². The van der Waals surface area contributed by atoms with Gasteiger partial charge in [-0.2, -0.15) is 4.98 Å². The number of anilines is 2. The van der Waals surface area contributed by atoms with Crippen LogP contribution in [0.15, 0.2) is 53.9 Å². The van der Waals surface area contributed by atoms with Crippen molar-refractivity contribution >= 4 is 61.9 Å². The first-order valence-electron chi connectivity index (χ1n) is 9.94. The monoisotopic (exact) mass is 485 g/mol. The van der Waals surface area contributed by atoms with Gasteiger partial charge >= 0.3 is 0 Å². The first-order chi connectivity index (χ1) is 15.5. The summed E-state index contributed by atoms with van der Waals surface area (Å²) >= 11 is 13.9. The lowest BCUT2D eigenvalue weighted by molar-refractivity contribution is -0.384. The zero-order valence-electron chi connectivity index (χ0n) is 16.7. The van der Waals surface area contributed by atoms with Crippen LogP contribution in [0.2, 0.25) is 10.3 Å². The van der Waals surface area contributed by atoms with Crippen LogP contribution in [0.5, 0.6) is 0 Å². The van der Waals surface area contributed by atoms with Crippen LogP contribution in [0, 0.1) is 10.1 Å². The predicted octanol–water partition coefficient (Wildman–Crippen LogP) is 5.90. The lowest BCUT2D eigenvalue weighted by Gasteiger charge is -2.37. The fraction of sp³-hybridized carbons (Fsp3) is 0.182. The molecule has 0 radical (unpaired) electrons. The smallest absolute Gasteiger partial charge is 0.270 e. The number of non-ortho nitro benzene ring substituents is 1. The molecule has 1 fully saturated rings. The molecule has 0 aliphatic carbocycles. The van der Waals surface area contributed by atoms with Crippen LogP contribution in [0.4, 0.5) is 17.2 Å². The molecular weight excluding hydrogens is 469 g/mol. The van der Waals surface area contributed by atoms with E-state index in [1.807, 2.05) is 29.6 Å². The molecule has 0 spiro atoms. The second kappa shape index (κ2) is 8.54. The number of nitro benzene ring substituents is 1. The Morgan fingerprint density at radius 2 is 1.72 bits per heavy atom. The molecule has 0 amide bonds. The van der Waals surface area contributed by atoms with Crippen molar-refractivity contribution in [3.63, 3.8) is 0 Å². The van der Waals surface area contributed by atoms with Crippen LogP contribution in [-0.2, 0) is 0 Å². The van der Waals surface area contributed by atoms with Gasteiger partial charge in [-0.1, -0.05) is 29.8 Å². The van der Waals surface area contributed by atoms with Gasteiger partial charge in [0.2, 0.25) is 5.28 Å². The number of nitrogens with zero attached hydrogens (tertiary/aromatic N) is 5. The third-order valence-corrected chi connectivity index (χ3v) is 6.78. The summed E-state index contributed by atoms with van der Waals surface area (Å²) in [6, 6.07) is 14.5. The molecule has 32 heavy (non-hydrogen) atoms. The van der Waals surface area contributed by atoms with Gasteiger partial charge < -0.3 is 9.80 Å². The summed E-state index contributed by atoms with van der Waals surface area (Å²) in [5.74, 6) is 0.758. The quantitative estimate of drug-likeness (QED) is 0.203. The van der Waals surface area contributed by atoms with E-state index in [9.17, 15) is 10.1 Å². The Morgan fingerprint density at radius 3 is 2.47 bits per heavy atom. The maximum Gasteiger partial charge on any atom is 0.270 e. The van der Waals surface area contributed by atoms with Gasteiger partial charge in [-0.15, -0.1) is 11.3 Å². The van der Waals surface area contributed by atoms with E-state index < -0.39 is 0 Å². The lowest BCUT2D eigenvalue weighted by atomic mass is 10.0. The van der Waals surface area contributed by atoms with Crippen LogP contribution >= 0.6 is 34.5 Å². The Kier molecular flexibility index (Phi) is 5.58. The van der Waals surface area contributed by atoms with Gasteiger partial charge in [-0.05, 0) is 35.4 Å². The second-order valence-electron chi connectivity index (χ2n) is 7.41. The number of halogens is 2. The maximum absolute atomic E-state index is 11.3. The number of benzene rings is 2. The van der Waals surface area contributed by atoms with Gasteiger partial charge in [0.25, 0.3) is 5.69 Å². The molecule has 7 nitrogen and oxygen atoms in total. The number of thiophene rings is 1. The minimum absolute atomic E-state index is 0.0495. The number of fused-ring (bicyclic) bond motifs is 1. The standard InChI is InChI=1S/C22H17Cl2N5O2S/c23-15-4-2-5-16(12-15)27-7-9-28(10-8-27)20-19-18(13-32-21(19)26-22(24)25-20)14-3-1-6-17(11-14)29(30)31/h1-6,11-13H,7-10H2. The number of rotatable bonds is 4. The zero-order valence-corrected chi connectivity index (χ0v) is 19.1. The van der Waals surface area contributed by atoms with Gasteiger partial charge in [0, 0.05) is 60.0 Å². The SMILES string of the molecule is O=[N+]([O-])c1cccc(-c2csc3nc(Cl)nc(N4CCN(c5cccc(Cl)c5)CC4)c23)c1. The van der Waals surface area contributed by atoms with E-state index in [1.165, 1.54) is 17.4 Å². The second-order valence-corrected chi connectivity index (χ2v) is 9.04. The topological polar surface area (TPSA) is 75.4 Å². The molecule has 4 aromatic rings. The first-order valence-corrected chi connectivity index (χ1v) is 11.6. The van der Waals surface area contributed by atoms with Crippen LogP contribution in [-0.4, -0.2) is 41.1 Å². The highest BCUT2D eigenvalue weighted by Gasteiger charge is 2.24. The maximum atomic E-state index is 11.3. The van der Waals surface area contributed by atoms with Crippen molar-refractivity contribution in [3.8, 4) is 11.1 Å². The number of aromatic nitrogens is 2. The molecule has 1 saturated heterocycles. The minimum Gasteiger partial charge on any atom is -0.368 e. The number of hydrogen-bond donors (Lipinski definition) is 0. The van der Waals surface area contributed by atoms with Gasteiger partial charge in [-0.3, -0.25) is 10.1 Å². The average molecular weight is 486 g/mol. The van der Waals surface area contributed by atoms with Crippen molar-refractivity contribution in [3.05, 3.63) is 74.3 Å². The van der Waals surface area contributed by atoms with E-state index in [4.69, 9.17) is 23.2 Å². The Bertz CT molecular complexity index is 1320. The van der Waals surface area contributed by atoms with Crippen molar-refractivity contribution in [2.24, 2.45) is 0 Å². The summed E-state index contributed by atoms with van der Waals surface area (Å²) in [5.41, 5.74) is 2.78. The van der Waals surface area contributed by atoms with E-state index in [0.717, 1.165) is 59.0 Å². The minimum atomic E-state index is -0.388. The van der Waals surface area contributed by atoms with Crippen molar-refractivity contribution < 1.29 is 4.92 Å². The molecule has 0 N–H and O–H groups in total. The molecule has 1 aliphatic heterocycles. The number of hydrogen-bond acceptors (Lipinski definition) is 7. The summed E-state index contributed by atoms with van der Waals surface area (Å²) in [5, 5.41) is 15.0. The molecule has 0 bridgehead atoms. The summed E-state index contributed by atoms with van der Waals surface area (Å²) in [6.45, 7) is 3.11. The van der Waals surface area contributed by atoms with Crippen molar-refractivity contribution in [1.82, 2.24) is 9.97 Å². The van der Waals surface area contributed by atoms with Crippen LogP contribution < -0.4 is 9.80 Å². The molecular formula is C22H17Cl2N5O2S. The van der Waals surface area contributed by atoms with Gasteiger partial charge in [0.15, 0.2) is 0 Å². The van der Waals surface area contributed by atoms with Crippen molar-refractivity contribution in [1.29, 1.82) is 0 Å². The Hall–Kier alpha value is -2.94. The molecule has 1 aliphatic rings. The summed E-state index contributed by atoms with van der Waals surface area (Å²) in [7, 11) is 0. The van der Waals surface area contributed by atoms with Gasteiger partial charge in [-0.25, -0.2) is 4.98 Å². The zero-order chi connectivity index (χ0) is 22.2. The summed E-state index contributed by atoms with van der Waals surface area (Å²) in [6.07, 6.45) is 0. The highest BCUT2D eigenvalue weighted by Crippen LogP contribution is 2.40. The normalized spacial score (nSPS) is 14.2. The van der Waals surface area contributed by atoms with E-state index in [2.05, 4.69) is 25.8 Å². The first kappa shape index (κ1) is 20.9. The third-order valence-electron chi connectivity index (χ3n) is 5.51. The molecule has 2 aromatic carbocycles. The fourth-order valence-corrected chi connectivity index (χ4v) is 5.32. The van der Waals surface area contributed by atoms with E-state index in [-0.39, 0.29) is 15.9 Å². The summed E-state index contributed by atoms with van der Waals surface area (Å²) < 4.78 is 0. The molecule has 162 valence electrons. The molecule has 0 atom stereocenters. The van der Waals surface area contributed by atoms with Crippen LogP contribution in [0.25, 0.3) is 21.3 Å². The molecule has 10 heteroatoms. The molecule has 2 aromatic heterocycles. The largest absolute Gasteiger partial charge is 0.368 e. The summed E-state index contributed by atoms with van der Waals surface area (Å²) in [4.78, 5) is 25.1. The Morgan fingerprint density at radius 1 is 0.969 bits per heavy atom. The lowest BCUT2D eigenvalue weighted by Crippen LogP contribution is -2.47. The Balaban J connectivity index is 1.50. The number of piperazine rings is 1. The van der Waals surface area contributed by atoms with Gasteiger partial charge in [0.05, 0.1) is 10.3 Å². The van der Waals surface area contributed by atoms with Crippen molar-refractivity contribution in [2.45, 2.75) is 0 Å². The molecule has 0 unspecified atom stereocenters. The highest BCUT2D eigenvalue weighted by molar-refractivity contribution is 7.17.